The van der Waals surface area contributed by atoms with Gasteiger partial charge in [0.05, 0.1) is 19.3 Å². The molecule has 6 heteroatoms. The SMILES string of the molecule is CCOc1cccc(C2C=C(c3ccc(OC)cc3)NC(c3ccc(Cl)cc3)[NH2+]2)c1O. The first-order valence-corrected chi connectivity index (χ1v) is 10.6. The van der Waals surface area contributed by atoms with Crippen LogP contribution in [0.15, 0.2) is 72.8 Å². The fourth-order valence-corrected chi connectivity index (χ4v) is 3.92. The molecule has 1 heterocycles. The number of halogens is 1. The van der Waals surface area contributed by atoms with Gasteiger partial charge in [0.1, 0.15) is 11.8 Å². The Morgan fingerprint density at radius 1 is 1.03 bits per heavy atom. The van der Waals surface area contributed by atoms with E-state index in [9.17, 15) is 5.11 Å². The van der Waals surface area contributed by atoms with Crippen LogP contribution in [0, 0.1) is 0 Å². The van der Waals surface area contributed by atoms with Crippen molar-refractivity contribution in [1.82, 2.24) is 5.32 Å². The van der Waals surface area contributed by atoms with Gasteiger partial charge in [0.2, 0.25) is 0 Å². The number of nitrogens with two attached hydrogens (primary N) is 1. The van der Waals surface area contributed by atoms with Crippen molar-refractivity contribution in [3.05, 3.63) is 94.5 Å². The fraction of sp³-hybridized carbons (Fsp3) is 0.200. The standard InChI is InChI=1S/C25H25ClN2O3/c1-3-31-23-6-4-5-20(24(23)29)22-15-21(16-9-13-19(30-2)14-10-16)27-25(28-22)17-7-11-18(26)12-8-17/h4-15,22,25,27-29H,3H2,1-2H3/p+1. The van der Waals surface area contributed by atoms with E-state index in [0.717, 1.165) is 28.1 Å². The molecule has 0 radical (unpaired) electrons. The monoisotopic (exact) mass is 437 g/mol. The van der Waals surface area contributed by atoms with Crippen molar-refractivity contribution in [1.29, 1.82) is 0 Å². The topological polar surface area (TPSA) is 67.3 Å². The molecule has 0 spiro atoms. The van der Waals surface area contributed by atoms with Crippen LogP contribution in [0.1, 0.15) is 35.8 Å². The van der Waals surface area contributed by atoms with E-state index in [4.69, 9.17) is 21.1 Å². The number of benzene rings is 3. The van der Waals surface area contributed by atoms with Gasteiger partial charge in [-0.2, -0.15) is 0 Å². The van der Waals surface area contributed by atoms with Crippen LogP contribution < -0.4 is 20.1 Å². The van der Waals surface area contributed by atoms with Crippen LogP contribution in [0.3, 0.4) is 0 Å². The molecule has 0 aliphatic carbocycles. The van der Waals surface area contributed by atoms with Crippen LogP contribution in [0.5, 0.6) is 17.2 Å². The number of phenols is 1. The van der Waals surface area contributed by atoms with Crippen molar-refractivity contribution in [2.45, 2.75) is 19.1 Å². The number of ether oxygens (including phenoxy) is 2. The van der Waals surface area contributed by atoms with E-state index < -0.39 is 0 Å². The number of methoxy groups -OCH3 is 1. The lowest BCUT2D eigenvalue weighted by atomic mass is 9.97. The lowest BCUT2D eigenvalue weighted by Crippen LogP contribution is -2.89. The highest BCUT2D eigenvalue weighted by molar-refractivity contribution is 6.30. The molecule has 4 rings (SSSR count). The van der Waals surface area contributed by atoms with Gasteiger partial charge < -0.3 is 25.2 Å². The summed E-state index contributed by atoms with van der Waals surface area (Å²) in [4.78, 5) is 0. The number of para-hydroxylation sites is 1. The molecule has 3 aromatic rings. The van der Waals surface area contributed by atoms with E-state index in [1.807, 2.05) is 67.6 Å². The second kappa shape index (κ2) is 9.33. The number of rotatable bonds is 6. The number of nitrogens with one attached hydrogen (secondary N) is 1. The molecule has 1 aliphatic heterocycles. The summed E-state index contributed by atoms with van der Waals surface area (Å²) in [6.45, 7) is 2.40. The predicted molar refractivity (Wildman–Crippen MR) is 122 cm³/mol. The average molecular weight is 438 g/mol. The van der Waals surface area contributed by atoms with Crippen LogP contribution in [-0.4, -0.2) is 18.8 Å². The van der Waals surface area contributed by atoms with Gasteiger partial charge in [-0.3, -0.25) is 0 Å². The highest BCUT2D eigenvalue weighted by atomic mass is 35.5. The molecule has 0 amide bonds. The van der Waals surface area contributed by atoms with Crippen LogP contribution in [0.25, 0.3) is 5.70 Å². The number of phenolic OH excluding ortho intramolecular Hbond substituents is 1. The fourth-order valence-electron chi connectivity index (χ4n) is 3.79. The van der Waals surface area contributed by atoms with Gasteiger partial charge in [-0.25, -0.2) is 0 Å². The maximum Gasteiger partial charge on any atom is 0.186 e. The highest BCUT2D eigenvalue weighted by Gasteiger charge is 2.30. The van der Waals surface area contributed by atoms with Crippen molar-refractivity contribution in [2.24, 2.45) is 0 Å². The van der Waals surface area contributed by atoms with Gasteiger partial charge >= 0.3 is 0 Å². The summed E-state index contributed by atoms with van der Waals surface area (Å²) < 4.78 is 10.9. The zero-order valence-corrected chi connectivity index (χ0v) is 18.3. The van der Waals surface area contributed by atoms with E-state index in [-0.39, 0.29) is 18.0 Å². The Morgan fingerprint density at radius 2 is 1.77 bits per heavy atom. The number of hydrogen-bond donors (Lipinski definition) is 3. The molecule has 0 bridgehead atoms. The van der Waals surface area contributed by atoms with Crippen LogP contribution in [-0.2, 0) is 0 Å². The third-order valence-electron chi connectivity index (χ3n) is 5.38. The van der Waals surface area contributed by atoms with E-state index in [1.165, 1.54) is 0 Å². The normalized spacial score (nSPS) is 18.1. The lowest BCUT2D eigenvalue weighted by Gasteiger charge is -2.30. The van der Waals surface area contributed by atoms with Crippen molar-refractivity contribution < 1.29 is 19.9 Å². The Bertz CT molecular complexity index is 1070. The molecule has 1 aliphatic rings. The molecular formula is C25H26ClN2O3+. The molecule has 0 aromatic heterocycles. The summed E-state index contributed by atoms with van der Waals surface area (Å²) in [5, 5.41) is 17.4. The minimum Gasteiger partial charge on any atom is -0.504 e. The first-order valence-electron chi connectivity index (χ1n) is 10.3. The van der Waals surface area contributed by atoms with Gasteiger partial charge in [-0.15, -0.1) is 0 Å². The molecule has 2 atom stereocenters. The summed E-state index contributed by atoms with van der Waals surface area (Å²) in [7, 11) is 1.66. The summed E-state index contributed by atoms with van der Waals surface area (Å²) in [5.74, 6) is 1.47. The van der Waals surface area contributed by atoms with Crippen LogP contribution in [0.2, 0.25) is 5.02 Å². The molecular weight excluding hydrogens is 412 g/mol. The number of aromatic hydroxyl groups is 1. The van der Waals surface area contributed by atoms with Crippen molar-refractivity contribution in [3.8, 4) is 17.2 Å². The summed E-state index contributed by atoms with van der Waals surface area (Å²) in [6, 6.07) is 21.3. The predicted octanol–water partition coefficient (Wildman–Crippen LogP) is 4.40. The first kappa shape index (κ1) is 21.1. The summed E-state index contributed by atoms with van der Waals surface area (Å²) in [5.41, 5.74) is 3.92. The van der Waals surface area contributed by atoms with Crippen molar-refractivity contribution >= 4 is 17.3 Å². The molecule has 160 valence electrons. The lowest BCUT2D eigenvalue weighted by molar-refractivity contribution is -0.731. The van der Waals surface area contributed by atoms with Gasteiger partial charge in [0.25, 0.3) is 0 Å². The number of quaternary nitrogens is 1. The molecule has 3 aromatic carbocycles. The molecule has 0 fully saturated rings. The summed E-state index contributed by atoms with van der Waals surface area (Å²) in [6.07, 6.45) is 2.07. The minimum absolute atomic E-state index is 0.0560. The second-order valence-corrected chi connectivity index (χ2v) is 7.76. The molecule has 2 unspecified atom stereocenters. The maximum atomic E-state index is 10.9. The van der Waals surface area contributed by atoms with E-state index >= 15 is 0 Å². The van der Waals surface area contributed by atoms with Crippen LogP contribution in [0.4, 0.5) is 0 Å². The van der Waals surface area contributed by atoms with Gasteiger partial charge in [0.15, 0.2) is 17.7 Å². The van der Waals surface area contributed by atoms with Crippen LogP contribution >= 0.6 is 11.6 Å². The minimum atomic E-state index is -0.112. The van der Waals surface area contributed by atoms with E-state index in [0.29, 0.717) is 17.4 Å². The Labute approximate surface area is 187 Å². The first-order chi connectivity index (χ1) is 15.1. The van der Waals surface area contributed by atoms with Gasteiger partial charge in [-0.05, 0) is 73.2 Å². The Morgan fingerprint density at radius 3 is 2.45 bits per heavy atom. The zero-order chi connectivity index (χ0) is 21.8. The molecule has 5 nitrogen and oxygen atoms in total. The molecule has 0 saturated carbocycles. The Kier molecular flexibility index (Phi) is 6.35. The van der Waals surface area contributed by atoms with Gasteiger partial charge in [-0.1, -0.05) is 17.7 Å². The second-order valence-electron chi connectivity index (χ2n) is 7.33. The highest BCUT2D eigenvalue weighted by Crippen LogP contribution is 2.35. The van der Waals surface area contributed by atoms with Crippen molar-refractivity contribution in [3.63, 3.8) is 0 Å². The largest absolute Gasteiger partial charge is 0.504 e. The van der Waals surface area contributed by atoms with E-state index in [1.54, 1.807) is 13.2 Å². The zero-order valence-electron chi connectivity index (χ0n) is 17.5. The molecule has 4 N–H and O–H groups in total. The number of hydrogen-bond acceptors (Lipinski definition) is 4. The third kappa shape index (κ3) is 4.63. The molecule has 0 saturated heterocycles. The smallest absolute Gasteiger partial charge is 0.186 e. The quantitative estimate of drug-likeness (QED) is 0.534. The van der Waals surface area contributed by atoms with E-state index in [2.05, 4.69) is 16.7 Å². The Balaban J connectivity index is 1.75. The summed E-state index contributed by atoms with van der Waals surface area (Å²) >= 11 is 6.10. The maximum absolute atomic E-state index is 10.9. The average Bonchev–Trinajstić information content (AvgIpc) is 2.81. The van der Waals surface area contributed by atoms with Gasteiger partial charge in [0, 0.05) is 22.4 Å². The molecule has 31 heavy (non-hydrogen) atoms. The van der Waals surface area contributed by atoms with Crippen molar-refractivity contribution in [2.75, 3.05) is 13.7 Å². The third-order valence-corrected chi connectivity index (χ3v) is 5.63. The Hall–Kier alpha value is -3.15.